The van der Waals surface area contributed by atoms with Crippen LogP contribution in [-0.2, 0) is 6.54 Å². The lowest BCUT2D eigenvalue weighted by molar-refractivity contribution is 0.543. The number of aromatic nitrogens is 2. The smallest absolute Gasteiger partial charge is 0.189 e. The summed E-state index contributed by atoms with van der Waals surface area (Å²) in [5.74, 6) is 0.560. The van der Waals surface area contributed by atoms with E-state index in [9.17, 15) is 0 Å². The molecular weight excluding hydrogens is 190 g/mol. The largest absolute Gasteiger partial charge is 0.370 e. The normalized spacial score (nSPS) is 18.9. The minimum atomic E-state index is 0.265. The van der Waals surface area contributed by atoms with Crippen LogP contribution < -0.4 is 11.1 Å². The molecule has 82 valence electrons. The molecule has 3 N–H and O–H groups in total. The third kappa shape index (κ3) is 3.27. The van der Waals surface area contributed by atoms with Gasteiger partial charge in [-0.2, -0.15) is 0 Å². The van der Waals surface area contributed by atoms with Crippen LogP contribution in [0.15, 0.2) is 23.7 Å². The predicted molar refractivity (Wildman–Crippen MR) is 59.5 cm³/mol. The van der Waals surface area contributed by atoms with Gasteiger partial charge in [0.1, 0.15) is 0 Å². The van der Waals surface area contributed by atoms with Gasteiger partial charge in [0.25, 0.3) is 0 Å². The van der Waals surface area contributed by atoms with E-state index in [1.165, 1.54) is 12.8 Å². The van der Waals surface area contributed by atoms with E-state index in [1.807, 2.05) is 10.8 Å². The standard InChI is InChI=1S/C10H17N5/c1-8(6-15-5-4-12-7-15)13-10(11)14-9-2-3-9/h4-5,7-9H,2-3,6H2,1H3,(H3,11,13,14). The van der Waals surface area contributed by atoms with Gasteiger partial charge in [0.05, 0.1) is 12.4 Å². The number of nitrogens with two attached hydrogens (primary N) is 1. The third-order valence-electron chi connectivity index (χ3n) is 2.31. The first-order chi connectivity index (χ1) is 7.24. The van der Waals surface area contributed by atoms with Gasteiger partial charge in [-0.15, -0.1) is 0 Å². The Morgan fingerprint density at radius 1 is 1.73 bits per heavy atom. The van der Waals surface area contributed by atoms with Crippen molar-refractivity contribution in [3.8, 4) is 0 Å². The molecule has 0 saturated heterocycles. The maximum atomic E-state index is 5.76. The molecule has 1 atom stereocenters. The maximum absolute atomic E-state index is 5.76. The fourth-order valence-electron chi connectivity index (χ4n) is 1.45. The highest BCUT2D eigenvalue weighted by Crippen LogP contribution is 2.22. The van der Waals surface area contributed by atoms with Crippen LogP contribution in [0, 0.1) is 0 Å². The van der Waals surface area contributed by atoms with E-state index in [0.717, 1.165) is 6.54 Å². The summed E-state index contributed by atoms with van der Waals surface area (Å²) in [4.78, 5) is 8.30. The first-order valence-corrected chi connectivity index (χ1v) is 5.29. The quantitative estimate of drug-likeness (QED) is 0.552. The molecule has 15 heavy (non-hydrogen) atoms. The van der Waals surface area contributed by atoms with Crippen LogP contribution in [0.5, 0.6) is 0 Å². The van der Waals surface area contributed by atoms with Crippen molar-refractivity contribution in [2.45, 2.75) is 38.4 Å². The van der Waals surface area contributed by atoms with E-state index in [4.69, 9.17) is 5.73 Å². The molecule has 0 bridgehead atoms. The van der Waals surface area contributed by atoms with Crippen LogP contribution >= 0.6 is 0 Å². The average molecular weight is 207 g/mol. The molecule has 1 fully saturated rings. The highest BCUT2D eigenvalue weighted by atomic mass is 15.1. The van der Waals surface area contributed by atoms with Crippen molar-refractivity contribution in [3.05, 3.63) is 18.7 Å². The highest BCUT2D eigenvalue weighted by molar-refractivity contribution is 5.78. The molecule has 0 spiro atoms. The van der Waals surface area contributed by atoms with Crippen molar-refractivity contribution >= 4 is 5.96 Å². The zero-order valence-corrected chi connectivity index (χ0v) is 8.93. The molecule has 0 aromatic carbocycles. The summed E-state index contributed by atoms with van der Waals surface area (Å²) < 4.78 is 2.02. The molecule has 5 nitrogen and oxygen atoms in total. The summed E-state index contributed by atoms with van der Waals surface area (Å²) >= 11 is 0. The van der Waals surface area contributed by atoms with Crippen molar-refractivity contribution < 1.29 is 0 Å². The number of nitrogens with one attached hydrogen (secondary N) is 1. The van der Waals surface area contributed by atoms with Crippen LogP contribution in [-0.4, -0.2) is 27.6 Å². The van der Waals surface area contributed by atoms with Crippen molar-refractivity contribution in [2.24, 2.45) is 10.7 Å². The zero-order chi connectivity index (χ0) is 10.7. The lowest BCUT2D eigenvalue weighted by Crippen LogP contribution is -2.40. The second-order valence-electron chi connectivity index (χ2n) is 4.05. The number of guanidine groups is 1. The number of nitrogens with zero attached hydrogens (tertiary/aromatic N) is 3. The van der Waals surface area contributed by atoms with Gasteiger partial charge in [-0.25, -0.2) is 4.98 Å². The summed E-state index contributed by atoms with van der Waals surface area (Å²) in [7, 11) is 0. The molecule has 0 amide bonds. The molecule has 1 aromatic rings. The predicted octanol–water partition coefficient (Wildman–Crippen LogP) is 0.338. The molecule has 1 unspecified atom stereocenters. The lowest BCUT2D eigenvalue weighted by Gasteiger charge is -2.14. The lowest BCUT2D eigenvalue weighted by atomic mass is 10.3. The van der Waals surface area contributed by atoms with E-state index >= 15 is 0 Å². The Labute approximate surface area is 89.4 Å². The third-order valence-corrected chi connectivity index (χ3v) is 2.31. The average Bonchev–Trinajstić information content (AvgIpc) is 2.80. The van der Waals surface area contributed by atoms with Crippen LogP contribution in [0.3, 0.4) is 0 Å². The zero-order valence-electron chi connectivity index (χ0n) is 8.93. The summed E-state index contributed by atoms with van der Waals surface area (Å²) in [6.45, 7) is 2.93. The van der Waals surface area contributed by atoms with Gasteiger partial charge < -0.3 is 15.6 Å². The molecule has 2 rings (SSSR count). The molecule has 1 aliphatic rings. The van der Waals surface area contributed by atoms with Crippen LogP contribution in [0.4, 0.5) is 0 Å². The summed E-state index contributed by atoms with van der Waals surface area (Å²) in [5.41, 5.74) is 5.76. The fourth-order valence-corrected chi connectivity index (χ4v) is 1.45. The molecule has 5 heteroatoms. The van der Waals surface area contributed by atoms with E-state index < -0.39 is 0 Å². The summed E-state index contributed by atoms with van der Waals surface area (Å²) in [5, 5.41) is 3.17. The van der Waals surface area contributed by atoms with Gasteiger partial charge in [0.2, 0.25) is 0 Å². The van der Waals surface area contributed by atoms with Gasteiger partial charge in [0, 0.05) is 25.0 Å². The molecule has 1 aromatic heterocycles. The number of imidazole rings is 1. The Morgan fingerprint density at radius 2 is 2.53 bits per heavy atom. The molecule has 1 heterocycles. The topological polar surface area (TPSA) is 68.2 Å². The molecular formula is C10H17N5. The Bertz CT molecular complexity index is 326. The number of hydrogen-bond donors (Lipinski definition) is 2. The van der Waals surface area contributed by atoms with Gasteiger partial charge in [-0.05, 0) is 19.8 Å². The van der Waals surface area contributed by atoms with Crippen molar-refractivity contribution in [3.63, 3.8) is 0 Å². The van der Waals surface area contributed by atoms with Gasteiger partial charge in [0.15, 0.2) is 5.96 Å². The van der Waals surface area contributed by atoms with Crippen molar-refractivity contribution in [2.75, 3.05) is 0 Å². The van der Waals surface area contributed by atoms with E-state index in [-0.39, 0.29) is 6.04 Å². The number of aliphatic imine (C=N–C) groups is 1. The van der Waals surface area contributed by atoms with Crippen LogP contribution in [0.1, 0.15) is 19.8 Å². The van der Waals surface area contributed by atoms with Crippen LogP contribution in [0.25, 0.3) is 0 Å². The Kier molecular flexibility index (Phi) is 2.89. The second-order valence-corrected chi connectivity index (χ2v) is 4.05. The van der Waals surface area contributed by atoms with Crippen LogP contribution in [0.2, 0.25) is 0 Å². The number of rotatable bonds is 4. The van der Waals surface area contributed by atoms with E-state index in [2.05, 4.69) is 22.2 Å². The summed E-state index contributed by atoms with van der Waals surface area (Å²) in [6.07, 6.45) is 7.86. The Balaban J connectivity index is 1.78. The molecule has 0 aliphatic heterocycles. The van der Waals surface area contributed by atoms with E-state index in [1.54, 1.807) is 12.5 Å². The van der Waals surface area contributed by atoms with Gasteiger partial charge in [-0.1, -0.05) is 0 Å². The SMILES string of the molecule is CC(Cn1ccnc1)NC(N)=NC1CC1. The maximum Gasteiger partial charge on any atom is 0.189 e. The summed E-state index contributed by atoms with van der Waals surface area (Å²) in [6, 6.07) is 0.736. The van der Waals surface area contributed by atoms with E-state index in [0.29, 0.717) is 12.0 Å². The monoisotopic (exact) mass is 207 g/mol. The van der Waals surface area contributed by atoms with Crippen molar-refractivity contribution in [1.29, 1.82) is 0 Å². The minimum absolute atomic E-state index is 0.265. The van der Waals surface area contributed by atoms with Crippen molar-refractivity contribution in [1.82, 2.24) is 14.9 Å². The molecule has 0 radical (unpaired) electrons. The first-order valence-electron chi connectivity index (χ1n) is 5.29. The Hall–Kier alpha value is -1.52. The highest BCUT2D eigenvalue weighted by Gasteiger charge is 2.20. The number of hydrogen-bond acceptors (Lipinski definition) is 2. The molecule has 1 saturated carbocycles. The van der Waals surface area contributed by atoms with Gasteiger partial charge in [-0.3, -0.25) is 4.99 Å². The fraction of sp³-hybridized carbons (Fsp3) is 0.600. The van der Waals surface area contributed by atoms with Gasteiger partial charge >= 0.3 is 0 Å². The Morgan fingerprint density at radius 3 is 3.13 bits per heavy atom. The first kappa shape index (κ1) is 10.0. The minimum Gasteiger partial charge on any atom is -0.370 e. The molecule has 1 aliphatic carbocycles. The second kappa shape index (κ2) is 4.33.